The number of carbonyl (C=O) groups is 3. The van der Waals surface area contributed by atoms with Crippen LogP contribution in [0, 0.1) is 6.92 Å². The summed E-state index contributed by atoms with van der Waals surface area (Å²) in [6, 6.07) is 4.86. The monoisotopic (exact) mass is 412 g/mol. The van der Waals surface area contributed by atoms with E-state index in [1.165, 1.54) is 19.3 Å². The fourth-order valence-electron chi connectivity index (χ4n) is 2.14. The smallest absolute Gasteiger partial charge is 0.341 e. The highest BCUT2D eigenvalue weighted by atomic mass is 35.5. The first-order chi connectivity index (χ1) is 12.2. The van der Waals surface area contributed by atoms with E-state index in [-0.39, 0.29) is 15.4 Å². The van der Waals surface area contributed by atoms with Gasteiger partial charge in [0, 0.05) is 16.1 Å². The summed E-state index contributed by atoms with van der Waals surface area (Å²) in [5, 5.41) is 3.61. The molecule has 0 unspecified atom stereocenters. The number of thiophene rings is 1. The first-order valence-corrected chi connectivity index (χ1v) is 8.77. The molecular formula is C17H14Cl2N2O4S. The van der Waals surface area contributed by atoms with E-state index in [0.717, 1.165) is 11.3 Å². The van der Waals surface area contributed by atoms with Gasteiger partial charge in [-0.25, -0.2) is 4.79 Å². The summed E-state index contributed by atoms with van der Waals surface area (Å²) < 4.78 is 4.70. The van der Waals surface area contributed by atoms with Gasteiger partial charge in [-0.3, -0.25) is 9.59 Å². The molecule has 9 heteroatoms. The highest BCUT2D eigenvalue weighted by molar-refractivity contribution is 7.18. The molecule has 0 spiro atoms. The van der Waals surface area contributed by atoms with E-state index in [4.69, 9.17) is 33.7 Å². The summed E-state index contributed by atoms with van der Waals surface area (Å²) in [6.45, 7) is 1.56. The third-order valence-corrected chi connectivity index (χ3v) is 5.16. The Kier molecular flexibility index (Phi) is 6.42. The highest BCUT2D eigenvalue weighted by Crippen LogP contribution is 2.33. The summed E-state index contributed by atoms with van der Waals surface area (Å²) in [5.41, 5.74) is 6.35. The van der Waals surface area contributed by atoms with Gasteiger partial charge in [0.2, 0.25) is 5.91 Å². The van der Waals surface area contributed by atoms with Gasteiger partial charge in [0.25, 0.3) is 5.91 Å². The van der Waals surface area contributed by atoms with Crippen molar-refractivity contribution in [2.24, 2.45) is 5.73 Å². The minimum Gasteiger partial charge on any atom is -0.465 e. The second kappa shape index (κ2) is 8.35. The van der Waals surface area contributed by atoms with E-state index in [2.05, 4.69) is 5.32 Å². The Hall–Kier alpha value is -2.35. The maximum atomic E-state index is 12.2. The van der Waals surface area contributed by atoms with Crippen LogP contribution in [0.2, 0.25) is 10.0 Å². The quantitative estimate of drug-likeness (QED) is 0.574. The minimum atomic E-state index is -0.693. The Morgan fingerprint density at radius 3 is 2.54 bits per heavy atom. The zero-order chi connectivity index (χ0) is 19.4. The maximum Gasteiger partial charge on any atom is 0.341 e. The van der Waals surface area contributed by atoms with Gasteiger partial charge in [-0.2, -0.15) is 0 Å². The van der Waals surface area contributed by atoms with Crippen molar-refractivity contribution < 1.29 is 19.1 Å². The summed E-state index contributed by atoms with van der Waals surface area (Å²) in [6.07, 6.45) is 2.75. The normalized spacial score (nSPS) is 10.8. The molecule has 0 aliphatic heterocycles. The van der Waals surface area contributed by atoms with Crippen molar-refractivity contribution in [2.45, 2.75) is 6.92 Å². The summed E-state index contributed by atoms with van der Waals surface area (Å²) in [5.74, 6) is -1.88. The molecule has 1 aromatic carbocycles. The number of primary amides is 1. The molecular weight excluding hydrogens is 399 g/mol. The van der Waals surface area contributed by atoms with Crippen molar-refractivity contribution in [3.63, 3.8) is 0 Å². The number of nitrogens with two attached hydrogens (primary N) is 1. The van der Waals surface area contributed by atoms with Gasteiger partial charge in [-0.15, -0.1) is 11.3 Å². The fraction of sp³-hybridized carbons (Fsp3) is 0.118. The number of nitrogens with one attached hydrogen (secondary N) is 1. The van der Waals surface area contributed by atoms with Gasteiger partial charge >= 0.3 is 5.97 Å². The van der Waals surface area contributed by atoms with Gasteiger partial charge < -0.3 is 15.8 Å². The lowest BCUT2D eigenvalue weighted by atomic mass is 10.1. The van der Waals surface area contributed by atoms with Gasteiger partial charge in [-0.1, -0.05) is 29.3 Å². The second-order valence-corrected chi connectivity index (χ2v) is 6.97. The Balaban J connectivity index is 2.28. The number of halogens is 2. The molecule has 0 saturated carbocycles. The van der Waals surface area contributed by atoms with Crippen molar-refractivity contribution >= 4 is 63.4 Å². The van der Waals surface area contributed by atoms with Gasteiger partial charge in [0.1, 0.15) is 5.00 Å². The average molecular weight is 413 g/mol. The largest absolute Gasteiger partial charge is 0.465 e. The Bertz CT molecular complexity index is 922. The van der Waals surface area contributed by atoms with Crippen LogP contribution in [-0.2, 0) is 9.53 Å². The molecule has 1 aromatic heterocycles. The summed E-state index contributed by atoms with van der Waals surface area (Å²) >= 11 is 12.8. The van der Waals surface area contributed by atoms with Crippen LogP contribution < -0.4 is 11.1 Å². The zero-order valence-electron chi connectivity index (χ0n) is 13.8. The number of anilines is 1. The number of ether oxygens (including phenoxy) is 1. The van der Waals surface area contributed by atoms with Crippen molar-refractivity contribution in [1.29, 1.82) is 0 Å². The molecule has 26 heavy (non-hydrogen) atoms. The van der Waals surface area contributed by atoms with Gasteiger partial charge in [-0.05, 0) is 36.3 Å². The number of amides is 2. The summed E-state index contributed by atoms with van der Waals surface area (Å²) in [7, 11) is 1.21. The van der Waals surface area contributed by atoms with Crippen LogP contribution >= 0.6 is 34.5 Å². The maximum absolute atomic E-state index is 12.2. The molecule has 0 bridgehead atoms. The number of benzene rings is 1. The van der Waals surface area contributed by atoms with Crippen molar-refractivity contribution in [3.8, 4) is 0 Å². The molecule has 0 aliphatic rings. The van der Waals surface area contributed by atoms with E-state index in [1.54, 1.807) is 25.1 Å². The Labute approximate surface area is 163 Å². The number of carbonyl (C=O) groups excluding carboxylic acids is 3. The standard InChI is InChI=1S/C17H14Cl2N2O4S/c1-8-13(17(24)25-2)16(26-14(8)15(20)23)21-12(22)6-4-9-3-5-10(18)7-11(9)19/h3-7H,1-2H3,(H2,20,23)(H,21,22). The highest BCUT2D eigenvalue weighted by Gasteiger charge is 2.24. The second-order valence-electron chi connectivity index (χ2n) is 5.10. The molecule has 2 aromatic rings. The third-order valence-electron chi connectivity index (χ3n) is 3.37. The molecule has 136 valence electrons. The van der Waals surface area contributed by atoms with Gasteiger partial charge in [0.05, 0.1) is 17.6 Å². The molecule has 1 heterocycles. The number of hydrogen-bond acceptors (Lipinski definition) is 5. The lowest BCUT2D eigenvalue weighted by molar-refractivity contribution is -0.111. The minimum absolute atomic E-state index is 0.0950. The molecule has 0 atom stereocenters. The number of hydrogen-bond donors (Lipinski definition) is 2. The molecule has 2 rings (SSSR count). The predicted octanol–water partition coefficient (Wildman–Crippen LogP) is 3.90. The third kappa shape index (κ3) is 4.43. The topological polar surface area (TPSA) is 98.5 Å². The molecule has 0 radical (unpaired) electrons. The van der Waals surface area contributed by atoms with Crippen molar-refractivity contribution in [1.82, 2.24) is 0 Å². The predicted molar refractivity (Wildman–Crippen MR) is 103 cm³/mol. The van der Waals surface area contributed by atoms with Crippen molar-refractivity contribution in [2.75, 3.05) is 12.4 Å². The van der Waals surface area contributed by atoms with Crippen LogP contribution in [0.25, 0.3) is 6.08 Å². The Morgan fingerprint density at radius 1 is 1.27 bits per heavy atom. The lowest BCUT2D eigenvalue weighted by Crippen LogP contribution is -2.12. The van der Waals surface area contributed by atoms with Crippen LogP contribution in [-0.4, -0.2) is 24.9 Å². The van der Waals surface area contributed by atoms with E-state index in [9.17, 15) is 14.4 Å². The van der Waals surface area contributed by atoms with Crippen LogP contribution in [0.4, 0.5) is 5.00 Å². The van der Waals surface area contributed by atoms with Crippen LogP contribution in [0.5, 0.6) is 0 Å². The molecule has 3 N–H and O–H groups in total. The SMILES string of the molecule is COC(=O)c1c(NC(=O)C=Cc2ccc(Cl)cc2Cl)sc(C(N)=O)c1C. The average Bonchev–Trinajstić information content (AvgIpc) is 2.89. The number of methoxy groups -OCH3 is 1. The van der Waals surface area contributed by atoms with Crippen LogP contribution in [0.3, 0.4) is 0 Å². The number of esters is 1. The zero-order valence-corrected chi connectivity index (χ0v) is 16.1. The van der Waals surface area contributed by atoms with Crippen LogP contribution in [0.1, 0.15) is 31.2 Å². The molecule has 0 fully saturated rings. The summed E-state index contributed by atoms with van der Waals surface area (Å²) in [4.78, 5) is 35.8. The van der Waals surface area contributed by atoms with E-state index >= 15 is 0 Å². The lowest BCUT2D eigenvalue weighted by Gasteiger charge is -2.04. The molecule has 6 nitrogen and oxygen atoms in total. The Morgan fingerprint density at radius 2 is 1.96 bits per heavy atom. The number of rotatable bonds is 5. The van der Waals surface area contributed by atoms with E-state index in [0.29, 0.717) is 21.2 Å². The molecule has 0 saturated heterocycles. The molecule has 0 aliphatic carbocycles. The first kappa shape index (κ1) is 20.0. The first-order valence-electron chi connectivity index (χ1n) is 7.20. The van der Waals surface area contributed by atoms with E-state index < -0.39 is 17.8 Å². The fourth-order valence-corrected chi connectivity index (χ4v) is 3.66. The van der Waals surface area contributed by atoms with Gasteiger partial charge in [0.15, 0.2) is 0 Å². The van der Waals surface area contributed by atoms with Crippen molar-refractivity contribution in [3.05, 3.63) is 55.9 Å². The molecule has 2 amide bonds. The van der Waals surface area contributed by atoms with E-state index in [1.807, 2.05) is 0 Å². The van der Waals surface area contributed by atoms with Crippen LogP contribution in [0.15, 0.2) is 24.3 Å².